The second kappa shape index (κ2) is 28.1. The van der Waals surface area contributed by atoms with Gasteiger partial charge in [-0.05, 0) is 187 Å². The number of halogens is 11. The smallest absolute Gasteiger partial charge is 0.338 e. The van der Waals surface area contributed by atoms with E-state index in [4.69, 9.17) is 85.3 Å². The van der Waals surface area contributed by atoms with E-state index in [0.29, 0.717) is 78.8 Å². The summed E-state index contributed by atoms with van der Waals surface area (Å²) >= 11 is 29.4. The van der Waals surface area contributed by atoms with Crippen molar-refractivity contribution in [2.75, 3.05) is 20.8 Å². The highest BCUT2D eigenvalue weighted by Gasteiger charge is 3.16. The third-order valence-electron chi connectivity index (χ3n) is 40.2. The number of carbonyl (C=O) groups excluding carboxylic acids is 4. The topological polar surface area (TPSA) is 408 Å². The number of allylic oxidation sites excluding steroid dienone is 4. The minimum Gasteiger partial charge on any atom is -0.481 e. The van der Waals surface area contributed by atoms with Crippen LogP contribution in [0.1, 0.15) is 94.5 Å². The van der Waals surface area contributed by atoms with Gasteiger partial charge in [0.05, 0.1) is 91.0 Å². The number of ether oxygens (including phenoxy) is 4. The van der Waals surface area contributed by atoms with E-state index in [0.717, 1.165) is 23.9 Å². The number of rotatable bonds is 23. The number of methoxy groups -OCH3 is 2. The highest BCUT2D eigenvalue weighted by atomic mass is 35.5. The molecule has 24 aliphatic carbocycles. The molecule has 8 heterocycles. The Labute approximate surface area is 841 Å². The van der Waals surface area contributed by atoms with E-state index in [9.17, 15) is 89.5 Å². The fraction of sp³-hybridized carbons (Fsp3) is 0.446. The molecule has 4 aromatic carbocycles. The summed E-state index contributed by atoms with van der Waals surface area (Å²) in [5.74, 6) is -6.58. The van der Waals surface area contributed by atoms with Crippen molar-refractivity contribution in [3.05, 3.63) is 251 Å². The number of esters is 4. The third kappa shape index (κ3) is 8.84. The zero-order chi connectivity index (χ0) is 99.7. The second-order valence-corrected chi connectivity index (χ2v) is 47.1. The zero-order valence-corrected chi connectivity index (χ0v) is 81.0. The number of hydrogen-bond acceptors (Lipinski definition) is 27. The number of amidine groups is 4. The highest BCUT2D eigenvalue weighted by molar-refractivity contribution is 7.12. The summed E-state index contributed by atoms with van der Waals surface area (Å²) in [6, 6.07) is 7.44. The molecule has 144 heavy (non-hydrogen) atoms. The van der Waals surface area contributed by atoms with Crippen molar-refractivity contribution >= 4 is 152 Å². The number of aryl methyl sites for hydroxylation is 1. The molecule has 24 saturated carbocycles. The van der Waals surface area contributed by atoms with Gasteiger partial charge in [0, 0.05) is 121 Å². The van der Waals surface area contributed by atoms with Crippen LogP contribution in [-0.2, 0) is 64.4 Å². The maximum absolute atomic E-state index is 14.6. The van der Waals surface area contributed by atoms with E-state index in [-0.39, 0.29) is 209 Å². The maximum Gasteiger partial charge on any atom is 0.338 e. The van der Waals surface area contributed by atoms with E-state index in [2.05, 4.69) is 41.2 Å². The van der Waals surface area contributed by atoms with E-state index >= 15 is 0 Å². The highest BCUT2D eigenvalue weighted by Crippen LogP contribution is 3.15. The molecule has 29 nitrogen and oxygen atoms in total. The summed E-state index contributed by atoms with van der Waals surface area (Å²) in [4.78, 5) is 139. The van der Waals surface area contributed by atoms with Crippen LogP contribution in [0.5, 0.6) is 0 Å². The molecule has 28 aliphatic rings. The average molecular weight is 2100 g/mol. The molecule has 736 valence electrons. The van der Waals surface area contributed by atoms with E-state index < -0.39 is 155 Å². The van der Waals surface area contributed by atoms with Crippen molar-refractivity contribution in [1.29, 1.82) is 0 Å². The summed E-state index contributed by atoms with van der Waals surface area (Å²) < 4.78 is 123. The van der Waals surface area contributed by atoms with Crippen molar-refractivity contribution < 1.29 is 108 Å². The Balaban J connectivity index is 0.0000000913. The first-order chi connectivity index (χ1) is 69.1. The molecule has 0 saturated heterocycles. The molecule has 4 unspecified atom stereocenters. The number of hydrogen-bond donors (Lipinski definition) is 8. The Morgan fingerprint density at radius 3 is 0.951 bits per heavy atom. The van der Waals surface area contributed by atoms with Gasteiger partial charge in [0.25, 0.3) is 0 Å². The van der Waals surface area contributed by atoms with Crippen LogP contribution in [0.4, 0.5) is 30.7 Å². The second-order valence-electron chi connectivity index (χ2n) is 42.9. The third-order valence-corrected chi connectivity index (χ3v) is 44.1. The molecule has 43 heteroatoms. The maximum atomic E-state index is 14.6. The van der Waals surface area contributed by atoms with Gasteiger partial charge in [-0.25, -0.2) is 69.8 Å². The molecule has 0 radical (unpaired) electrons. The summed E-state index contributed by atoms with van der Waals surface area (Å²) in [5.41, 5.74) is 0.937. The largest absolute Gasteiger partial charge is 0.481 e. The van der Waals surface area contributed by atoms with Gasteiger partial charge in [0.2, 0.25) is 0 Å². The number of thiazole rings is 3. The SMILES string of the molecule is CC(C)OC(=O)C1=C(C23C4C5C2C2C3C4C52C(=O)O)NC(c2nccs2)=NC1c1ccc(F)c(F)c1Cl.CCCOC(=O)C1=C(C23C4C5C2C2C3C4C52C(=O)O)NC(c2nccs2)=NC1c1ccc(F)c(F)c1Cl.COC(=O)C1=C(C23C4C5C2C2C3C4C52C(=O)O)NC(c2nccn2C)=NC1c1ccc(F)c(F)c1Cl.COC(=O)C1=C(C23C4C5C2C2C3C4C52C(=O)O)NC(c2nccs2)=NC1c1cccc(F)c1Cl. The van der Waals surface area contributed by atoms with Crippen LogP contribution in [0.2, 0.25) is 20.1 Å². The lowest BCUT2D eigenvalue weighted by Gasteiger charge is -3.10. The van der Waals surface area contributed by atoms with Crippen LogP contribution in [-0.4, -0.2) is 143 Å². The molecule has 4 aliphatic heterocycles. The number of aliphatic imine (C=N–C) groups is 4. The normalized spacial score (nSPS) is 41.5. The number of benzene rings is 4. The average Bonchev–Trinajstić information content (AvgIpc) is 0.595. The Bertz CT molecular complexity index is 7540. The van der Waals surface area contributed by atoms with Crippen LogP contribution in [0.3, 0.4) is 0 Å². The van der Waals surface area contributed by atoms with Gasteiger partial charge < -0.3 is 65.2 Å². The number of aromatic nitrogens is 5. The van der Waals surface area contributed by atoms with Gasteiger partial charge in [-0.3, -0.25) is 39.1 Å². The van der Waals surface area contributed by atoms with Crippen LogP contribution in [0.25, 0.3) is 0 Å². The fourth-order valence-corrected chi connectivity index (χ4v) is 39.7. The van der Waals surface area contributed by atoms with Crippen molar-refractivity contribution in [2.45, 2.75) is 57.5 Å². The molecule has 4 atom stereocenters. The van der Waals surface area contributed by atoms with Crippen LogP contribution < -0.4 is 21.3 Å². The Kier molecular flexibility index (Phi) is 17.3. The van der Waals surface area contributed by atoms with Crippen molar-refractivity contribution in [3.63, 3.8) is 0 Å². The predicted octanol–water partition coefficient (Wildman–Crippen LogP) is 14.4. The number of carboxylic acids is 4. The summed E-state index contributed by atoms with van der Waals surface area (Å²) in [5, 5.41) is 59.1. The molecule has 8 N–H and O–H groups in total. The molecular weight excluding hydrogens is 2020 g/mol. The molecule has 0 spiro atoms. The van der Waals surface area contributed by atoms with Gasteiger partial charge >= 0.3 is 47.8 Å². The van der Waals surface area contributed by atoms with E-state index in [1.165, 1.54) is 72.5 Å². The van der Waals surface area contributed by atoms with Gasteiger partial charge in [0.15, 0.2) is 79.1 Å². The fourth-order valence-electron chi connectivity index (χ4n) is 36.9. The molecule has 8 aromatic rings. The first kappa shape index (κ1) is 88.7. The number of carboxylic acid groups (broad SMARTS) is 4. The first-order valence-electron chi connectivity index (χ1n) is 47.5. The molecule has 0 bridgehead atoms. The number of nitrogens with one attached hydrogen (secondary N) is 4. The van der Waals surface area contributed by atoms with Crippen LogP contribution in [0, 0.1) is 226 Å². The first-order valence-corrected chi connectivity index (χ1v) is 51.7. The Morgan fingerprint density at radius 2 is 0.681 bits per heavy atom. The minimum absolute atomic E-state index is 0.0865. The minimum atomic E-state index is -1.22. The number of imidazole rings is 1. The van der Waals surface area contributed by atoms with Crippen LogP contribution in [0.15, 0.2) is 167 Å². The molecule has 36 rings (SSSR count). The number of carbonyl (C=O) groups is 8. The monoisotopic (exact) mass is 2100 g/mol. The lowest BCUT2D eigenvalue weighted by atomic mass is 8.92. The zero-order valence-electron chi connectivity index (χ0n) is 75.6. The van der Waals surface area contributed by atoms with E-state index in [1.807, 2.05) is 12.3 Å². The van der Waals surface area contributed by atoms with Crippen molar-refractivity contribution in [1.82, 2.24) is 45.8 Å². The lowest BCUT2D eigenvalue weighted by molar-refractivity contribution is -0.633. The van der Waals surface area contributed by atoms with Crippen LogP contribution >= 0.6 is 80.4 Å². The van der Waals surface area contributed by atoms with Crippen molar-refractivity contribution in [2.24, 2.45) is 212 Å². The quantitative estimate of drug-likeness (QED) is 0.0128. The summed E-state index contributed by atoms with van der Waals surface area (Å²) in [7, 11) is 4.37. The number of aliphatic carboxylic acids is 4. The van der Waals surface area contributed by atoms with Gasteiger partial charge in [0.1, 0.15) is 30.0 Å². The summed E-state index contributed by atoms with van der Waals surface area (Å²) in [6.45, 7) is 5.54. The Morgan fingerprint density at radius 1 is 0.389 bits per heavy atom. The Hall–Kier alpha value is -11.8. The van der Waals surface area contributed by atoms with Gasteiger partial charge in [-0.15, -0.1) is 34.0 Å². The number of nitrogens with zero attached hydrogens (tertiary/aromatic N) is 9. The predicted molar refractivity (Wildman–Crippen MR) is 493 cm³/mol. The summed E-state index contributed by atoms with van der Waals surface area (Å²) in [6.07, 6.45) is 8.49. The van der Waals surface area contributed by atoms with Gasteiger partial charge in [-0.2, -0.15) is 0 Å². The lowest BCUT2D eigenvalue weighted by Crippen LogP contribution is -3.11. The van der Waals surface area contributed by atoms with Gasteiger partial charge in [-0.1, -0.05) is 83.7 Å². The molecule has 24 fully saturated rings. The van der Waals surface area contributed by atoms with E-state index in [1.54, 1.807) is 79.3 Å². The standard InChI is InChI=1S/2C26H20ClF2N3O4S.C25H19ClF2N4O4.C24H17ClFN3O4S/c1-7(2)36-23(33)10-19(8-3-4-9(28)18(29)17(8)27)31-21(22-30-5-6-37-22)32-20(10)25-11-14-12(25)16-13(25)15(11)26(14,16)24(34)35;1-2-6-36-23(33)10-19(8-3-4-9(28)18(29)17(8)27)31-21(22-30-5-7-37-22)32-20(10)25-11-14-12(25)16-13(25)15(11)26(14,16)24(34)35;1-32-6-5-29-21(32)20-30-18(7-3-4-8(27)17(28)16(7)26)9(22(33)36-2)19(31-20)24-10-13-11(24)15-12(24)14(10)25(13,15)23(34)35;1-33-21(30)9-17(7-3-2-4-8(26)16(7)25)28-19(20-27-5-6-34-20)29-18(9)23-10-13-11(23)15-12(23)14(10)24(13,15)22(31)32/h3-7,11-16,19H,1-2H3,(H,31,32)(H,34,35);3-5,7,11-16,19H,2,6H2,1H3,(H,31,32)(H,34,35);3-6,10-15,18H,1-2H3,(H,30,31)(H,34,35);2-6,10-15,17H,1H3,(H,28,29)(H,31,32). The molecular formula is C101H76Cl4F7N13O16S3. The van der Waals surface area contributed by atoms with Crippen molar-refractivity contribution in [3.8, 4) is 0 Å². The molecule has 0 amide bonds. The molecule has 4 aromatic heterocycles.